The normalized spacial score (nSPS) is 13.3. The van der Waals surface area contributed by atoms with Gasteiger partial charge < -0.3 is 0 Å². The minimum Gasteiger partial charge on any atom is -0.249 e. The van der Waals surface area contributed by atoms with Crippen LogP contribution in [0, 0.1) is 0 Å². The summed E-state index contributed by atoms with van der Waals surface area (Å²) in [5, 5.41) is 1.10. The van der Waals surface area contributed by atoms with Gasteiger partial charge in [-0.05, 0) is 30.2 Å². The first-order chi connectivity index (χ1) is 6.35. The maximum Gasteiger partial charge on any atom is 0.102 e. The molecule has 0 rings (SSSR count). The van der Waals surface area contributed by atoms with Crippen molar-refractivity contribution in [2.45, 2.75) is 27.2 Å². The molecule has 13 heavy (non-hydrogen) atoms. The van der Waals surface area contributed by atoms with Crippen LogP contribution in [0.15, 0.2) is 28.2 Å². The van der Waals surface area contributed by atoms with E-state index in [4.69, 9.17) is 0 Å². The zero-order valence-corrected chi connectivity index (χ0v) is 10.1. The van der Waals surface area contributed by atoms with E-state index in [2.05, 4.69) is 24.9 Å². The van der Waals surface area contributed by atoms with Crippen LogP contribution in [-0.2, 0) is 0 Å². The van der Waals surface area contributed by atoms with Gasteiger partial charge in [-0.2, -0.15) is 0 Å². The predicted octanol–water partition coefficient (Wildman–Crippen LogP) is 4.29. The van der Waals surface area contributed by atoms with Crippen molar-refractivity contribution in [1.29, 1.82) is 0 Å². The minimum absolute atomic E-state index is 1.04. The molecule has 0 aromatic rings. The number of allylic oxidation sites excluding steroid dienone is 3. The molecule has 0 fully saturated rings. The Bertz CT molecular complexity index is 195. The van der Waals surface area contributed by atoms with Crippen molar-refractivity contribution in [3.63, 3.8) is 0 Å². The molecule has 0 aromatic heterocycles. The van der Waals surface area contributed by atoms with Gasteiger partial charge in [-0.3, -0.25) is 0 Å². The van der Waals surface area contributed by atoms with Crippen LogP contribution in [0.3, 0.4) is 0 Å². The summed E-state index contributed by atoms with van der Waals surface area (Å²) < 4.78 is 0. The predicted molar refractivity (Wildman–Crippen MR) is 67.4 cm³/mol. The van der Waals surface area contributed by atoms with E-state index >= 15 is 0 Å². The van der Waals surface area contributed by atoms with E-state index in [1.165, 1.54) is 0 Å². The van der Waals surface area contributed by atoms with Gasteiger partial charge in [0.15, 0.2) is 0 Å². The average molecular weight is 215 g/mol. The summed E-state index contributed by atoms with van der Waals surface area (Å²) >= 11 is 0. The number of hydrogen-bond donors (Lipinski definition) is 0. The second-order valence-corrected chi connectivity index (χ2v) is 4.85. The molecule has 0 aliphatic rings. The maximum atomic E-state index is 4.33. The van der Waals surface area contributed by atoms with Crippen LogP contribution < -0.4 is 0 Å². The summed E-state index contributed by atoms with van der Waals surface area (Å²) in [5.41, 5.74) is 0. The molecule has 0 saturated carbocycles. The Morgan fingerprint density at radius 1 is 1.38 bits per heavy atom. The summed E-state index contributed by atoms with van der Waals surface area (Å²) in [6.45, 7) is 6.27. The summed E-state index contributed by atoms with van der Waals surface area (Å²) in [5.74, 6) is 1.12. The van der Waals surface area contributed by atoms with Crippen LogP contribution in [0.5, 0.6) is 0 Å². The van der Waals surface area contributed by atoms with Crippen molar-refractivity contribution < 1.29 is 0 Å². The molecule has 0 aromatic carbocycles. The van der Waals surface area contributed by atoms with Crippen LogP contribution in [0.25, 0.3) is 0 Å². The lowest BCUT2D eigenvalue weighted by Crippen LogP contribution is -1.71. The van der Waals surface area contributed by atoms with Crippen molar-refractivity contribution in [1.82, 2.24) is 0 Å². The average Bonchev–Trinajstić information content (AvgIpc) is 2.14. The largest absolute Gasteiger partial charge is 0.249 e. The molecule has 74 valence electrons. The molecule has 0 unspecified atom stereocenters. The number of nitrogens with zero attached hydrogens (tertiary/aromatic N) is 1. The van der Waals surface area contributed by atoms with E-state index in [1.54, 1.807) is 10.8 Å². The van der Waals surface area contributed by atoms with Crippen LogP contribution >= 0.6 is 21.6 Å². The molecule has 0 saturated heterocycles. The van der Waals surface area contributed by atoms with Crippen molar-refractivity contribution in [2.75, 3.05) is 5.75 Å². The Balaban J connectivity index is 4.01. The van der Waals surface area contributed by atoms with Crippen LogP contribution in [0.4, 0.5) is 0 Å². The second kappa shape index (κ2) is 9.93. The molecule has 0 amide bonds. The van der Waals surface area contributed by atoms with Gasteiger partial charge in [0.05, 0.1) is 0 Å². The van der Waals surface area contributed by atoms with E-state index in [-0.39, 0.29) is 0 Å². The van der Waals surface area contributed by atoms with Crippen molar-refractivity contribution in [3.8, 4) is 0 Å². The van der Waals surface area contributed by atoms with Gasteiger partial charge in [-0.25, -0.2) is 4.99 Å². The van der Waals surface area contributed by atoms with E-state index in [0.717, 1.165) is 17.2 Å². The van der Waals surface area contributed by atoms with E-state index in [9.17, 15) is 0 Å². The smallest absolute Gasteiger partial charge is 0.102 e. The highest BCUT2D eigenvalue weighted by Gasteiger charge is 1.92. The fraction of sp³-hybridized carbons (Fsp3) is 0.500. The highest BCUT2D eigenvalue weighted by atomic mass is 33.1. The molecule has 0 heterocycles. The third kappa shape index (κ3) is 8.19. The molecule has 0 atom stereocenters. The third-order valence-electron chi connectivity index (χ3n) is 1.12. The first-order valence-electron chi connectivity index (χ1n) is 4.50. The molecule has 0 spiro atoms. The molecule has 1 nitrogen and oxygen atoms in total. The molecule has 3 heteroatoms. The first-order valence-corrected chi connectivity index (χ1v) is 6.82. The summed E-state index contributed by atoms with van der Waals surface area (Å²) in [6.07, 6.45) is 8.95. The number of rotatable bonds is 6. The molecule has 0 N–H and O–H groups in total. The van der Waals surface area contributed by atoms with Crippen molar-refractivity contribution >= 4 is 27.8 Å². The van der Waals surface area contributed by atoms with Crippen molar-refractivity contribution in [3.05, 3.63) is 23.3 Å². The number of hydrogen-bond acceptors (Lipinski definition) is 3. The van der Waals surface area contributed by atoms with Gasteiger partial charge >= 0.3 is 0 Å². The molecule has 0 aliphatic carbocycles. The van der Waals surface area contributed by atoms with Crippen molar-refractivity contribution in [2.24, 2.45) is 4.99 Å². The molecule has 0 bridgehead atoms. The Hall–Kier alpha value is -0.150. The first kappa shape index (κ1) is 12.8. The fourth-order valence-corrected chi connectivity index (χ4v) is 2.23. The van der Waals surface area contributed by atoms with E-state index < -0.39 is 0 Å². The SMILES string of the molecule is C\C=C/C=N\C(=C/CC)SSCC. The van der Waals surface area contributed by atoms with Gasteiger partial charge in [-0.15, -0.1) is 0 Å². The Morgan fingerprint density at radius 2 is 2.15 bits per heavy atom. The van der Waals surface area contributed by atoms with Crippen LogP contribution in [0.1, 0.15) is 27.2 Å². The lowest BCUT2D eigenvalue weighted by molar-refractivity contribution is 1.21. The van der Waals surface area contributed by atoms with Gasteiger partial charge in [0.1, 0.15) is 5.03 Å². The highest BCUT2D eigenvalue weighted by Crippen LogP contribution is 2.30. The Kier molecular flexibility index (Phi) is 9.82. The minimum atomic E-state index is 1.04. The monoisotopic (exact) mass is 215 g/mol. The Labute approximate surface area is 89.2 Å². The zero-order valence-electron chi connectivity index (χ0n) is 8.49. The summed E-state index contributed by atoms with van der Waals surface area (Å²) in [6, 6.07) is 0. The third-order valence-corrected chi connectivity index (χ3v) is 3.49. The van der Waals surface area contributed by atoms with Gasteiger partial charge in [0.2, 0.25) is 0 Å². The molecular weight excluding hydrogens is 198 g/mol. The molecule has 0 radical (unpaired) electrons. The number of aliphatic imine (C=N–C) groups is 1. The lowest BCUT2D eigenvalue weighted by Gasteiger charge is -1.97. The van der Waals surface area contributed by atoms with Gasteiger partial charge in [-0.1, -0.05) is 36.8 Å². The standard InChI is InChI=1S/C10H17NS2/c1-4-7-9-11-10(8-5-2)13-12-6-3/h4,7-9H,5-6H2,1-3H3/b7-4-,10-8+,11-9-. The quantitative estimate of drug-likeness (QED) is 0.484. The van der Waals surface area contributed by atoms with Gasteiger partial charge in [0.25, 0.3) is 0 Å². The maximum absolute atomic E-state index is 4.33. The fourth-order valence-electron chi connectivity index (χ4n) is 0.605. The van der Waals surface area contributed by atoms with Gasteiger partial charge in [0, 0.05) is 12.0 Å². The molecule has 0 aliphatic heterocycles. The zero-order chi connectivity index (χ0) is 9.94. The van der Waals surface area contributed by atoms with E-state index in [0.29, 0.717) is 0 Å². The summed E-state index contributed by atoms with van der Waals surface area (Å²) in [4.78, 5) is 4.33. The molecular formula is C10H17NS2. The van der Waals surface area contributed by atoms with Crippen LogP contribution in [-0.4, -0.2) is 12.0 Å². The second-order valence-electron chi connectivity index (χ2n) is 2.24. The Morgan fingerprint density at radius 3 is 2.69 bits per heavy atom. The highest BCUT2D eigenvalue weighted by molar-refractivity contribution is 8.78. The van der Waals surface area contributed by atoms with Crippen LogP contribution in [0.2, 0.25) is 0 Å². The summed E-state index contributed by atoms with van der Waals surface area (Å²) in [7, 11) is 3.57. The topological polar surface area (TPSA) is 12.4 Å². The lowest BCUT2D eigenvalue weighted by atomic mass is 10.5. The van der Waals surface area contributed by atoms with E-state index in [1.807, 2.05) is 36.1 Å².